The molecule has 0 fully saturated rings. The molecule has 1 amide bonds. The minimum absolute atomic E-state index is 0.0532. The zero-order valence-corrected chi connectivity index (χ0v) is 13.5. The van der Waals surface area contributed by atoms with Crippen molar-refractivity contribution in [3.8, 4) is 9.88 Å². The highest BCUT2D eigenvalue weighted by molar-refractivity contribution is 7.20. The molecule has 3 rings (SSSR count). The van der Waals surface area contributed by atoms with Gasteiger partial charge in [-0.2, -0.15) is 0 Å². The summed E-state index contributed by atoms with van der Waals surface area (Å²) in [7, 11) is 0. The molecule has 0 radical (unpaired) electrons. The number of thiophene rings is 1. The van der Waals surface area contributed by atoms with Crippen molar-refractivity contribution >= 4 is 34.3 Å². The van der Waals surface area contributed by atoms with Crippen LogP contribution in [0.2, 0.25) is 0 Å². The van der Waals surface area contributed by atoms with Crippen LogP contribution < -0.4 is 5.32 Å². The Kier molecular flexibility index (Phi) is 4.33. The van der Waals surface area contributed by atoms with Crippen LogP contribution in [0.15, 0.2) is 41.1 Å². The van der Waals surface area contributed by atoms with E-state index in [2.05, 4.69) is 10.3 Å². The zero-order valence-electron chi connectivity index (χ0n) is 11.9. The number of thiazole rings is 1. The molecule has 1 aromatic carbocycles. The molecule has 3 aromatic rings. The standard InChI is InChI=1S/C16H14N2O2S2/c1-10-4-5-11(8-19)7-12(10)17-15(20)13-9-22-16(18-13)14-3-2-6-21-14/h2-7,9,19H,8H2,1H3,(H,17,20). The second-order valence-electron chi connectivity index (χ2n) is 4.78. The number of rotatable bonds is 4. The van der Waals surface area contributed by atoms with E-state index in [9.17, 15) is 9.90 Å². The third-order valence-electron chi connectivity index (χ3n) is 3.20. The van der Waals surface area contributed by atoms with Gasteiger partial charge in [0.2, 0.25) is 0 Å². The number of carbonyl (C=O) groups excluding carboxylic acids is 1. The van der Waals surface area contributed by atoms with Gasteiger partial charge in [0.15, 0.2) is 0 Å². The number of hydrogen-bond donors (Lipinski definition) is 2. The molecule has 2 heterocycles. The number of nitrogens with zero attached hydrogens (tertiary/aromatic N) is 1. The number of aryl methyl sites for hydroxylation is 1. The molecule has 0 aliphatic rings. The molecule has 0 aliphatic heterocycles. The van der Waals surface area contributed by atoms with Crippen molar-refractivity contribution in [1.29, 1.82) is 0 Å². The zero-order chi connectivity index (χ0) is 15.5. The molecule has 0 atom stereocenters. The van der Waals surface area contributed by atoms with Gasteiger partial charge in [-0.3, -0.25) is 4.79 Å². The quantitative estimate of drug-likeness (QED) is 0.762. The number of anilines is 1. The lowest BCUT2D eigenvalue weighted by molar-refractivity contribution is 0.102. The predicted octanol–water partition coefficient (Wildman–Crippen LogP) is 3.92. The van der Waals surface area contributed by atoms with Crippen LogP contribution in [0, 0.1) is 6.92 Å². The summed E-state index contributed by atoms with van der Waals surface area (Å²) in [4.78, 5) is 17.8. The second-order valence-corrected chi connectivity index (χ2v) is 6.58. The van der Waals surface area contributed by atoms with Crippen LogP contribution in [0.25, 0.3) is 9.88 Å². The van der Waals surface area contributed by atoms with Gasteiger partial charge in [0.1, 0.15) is 10.7 Å². The lowest BCUT2D eigenvalue weighted by Crippen LogP contribution is -2.13. The molecule has 0 unspecified atom stereocenters. The van der Waals surface area contributed by atoms with Gasteiger partial charge in [0, 0.05) is 11.1 Å². The normalized spacial score (nSPS) is 10.6. The molecular formula is C16H14N2O2S2. The number of benzene rings is 1. The Morgan fingerprint density at radius 2 is 2.18 bits per heavy atom. The van der Waals surface area contributed by atoms with E-state index in [1.54, 1.807) is 22.8 Å². The van der Waals surface area contributed by atoms with Crippen LogP contribution in [-0.4, -0.2) is 16.0 Å². The molecule has 0 saturated heterocycles. The molecule has 4 nitrogen and oxygen atoms in total. The first-order chi connectivity index (χ1) is 10.7. The van der Waals surface area contributed by atoms with Crippen LogP contribution >= 0.6 is 22.7 Å². The first-order valence-electron chi connectivity index (χ1n) is 6.68. The molecule has 0 spiro atoms. The van der Waals surface area contributed by atoms with Crippen molar-refractivity contribution in [3.05, 3.63) is 57.9 Å². The average Bonchev–Trinajstić information content (AvgIpc) is 3.20. The minimum atomic E-state index is -0.239. The maximum Gasteiger partial charge on any atom is 0.275 e. The number of hydrogen-bond acceptors (Lipinski definition) is 5. The number of nitrogens with one attached hydrogen (secondary N) is 1. The molecule has 112 valence electrons. The van der Waals surface area contributed by atoms with Gasteiger partial charge in [-0.15, -0.1) is 22.7 Å². The van der Waals surface area contributed by atoms with E-state index in [-0.39, 0.29) is 12.5 Å². The molecule has 0 bridgehead atoms. The highest BCUT2D eigenvalue weighted by Gasteiger charge is 2.13. The van der Waals surface area contributed by atoms with Gasteiger partial charge in [-0.05, 0) is 35.6 Å². The summed E-state index contributed by atoms with van der Waals surface area (Å²) in [5.41, 5.74) is 2.81. The molecule has 2 aromatic heterocycles. The summed E-state index contributed by atoms with van der Waals surface area (Å²) < 4.78 is 0. The Balaban J connectivity index is 1.80. The molecule has 22 heavy (non-hydrogen) atoms. The third kappa shape index (κ3) is 3.09. The Labute approximate surface area is 136 Å². The first-order valence-corrected chi connectivity index (χ1v) is 8.44. The van der Waals surface area contributed by atoms with Gasteiger partial charge in [0.05, 0.1) is 11.5 Å². The summed E-state index contributed by atoms with van der Waals surface area (Å²) in [5, 5.41) is 16.6. The number of aromatic nitrogens is 1. The van der Waals surface area contributed by atoms with Crippen molar-refractivity contribution in [1.82, 2.24) is 4.98 Å². The fraction of sp³-hybridized carbons (Fsp3) is 0.125. The lowest BCUT2D eigenvalue weighted by atomic mass is 10.1. The highest BCUT2D eigenvalue weighted by atomic mass is 32.1. The van der Waals surface area contributed by atoms with Crippen molar-refractivity contribution in [3.63, 3.8) is 0 Å². The SMILES string of the molecule is Cc1ccc(CO)cc1NC(=O)c1csc(-c2cccs2)n1. The van der Waals surface area contributed by atoms with E-state index >= 15 is 0 Å². The van der Waals surface area contributed by atoms with Crippen LogP contribution in [-0.2, 0) is 6.61 Å². The maximum absolute atomic E-state index is 12.3. The van der Waals surface area contributed by atoms with E-state index < -0.39 is 0 Å². The van der Waals surface area contributed by atoms with Crippen LogP contribution in [0.3, 0.4) is 0 Å². The number of aliphatic hydroxyl groups excluding tert-OH is 1. The van der Waals surface area contributed by atoms with E-state index in [0.29, 0.717) is 11.4 Å². The number of amides is 1. The van der Waals surface area contributed by atoms with Crippen molar-refractivity contribution in [2.45, 2.75) is 13.5 Å². The van der Waals surface area contributed by atoms with Crippen molar-refractivity contribution in [2.24, 2.45) is 0 Å². The van der Waals surface area contributed by atoms with E-state index in [4.69, 9.17) is 0 Å². The van der Waals surface area contributed by atoms with Gasteiger partial charge < -0.3 is 10.4 Å². The van der Waals surface area contributed by atoms with Crippen LogP contribution in [0.1, 0.15) is 21.6 Å². The molecule has 0 saturated carbocycles. The summed E-state index contributed by atoms with van der Waals surface area (Å²) in [6, 6.07) is 9.44. The second kappa shape index (κ2) is 6.39. The van der Waals surface area contributed by atoms with E-state index in [0.717, 1.165) is 21.0 Å². The van der Waals surface area contributed by atoms with Crippen molar-refractivity contribution in [2.75, 3.05) is 5.32 Å². The summed E-state index contributed by atoms with van der Waals surface area (Å²) in [5.74, 6) is -0.239. The van der Waals surface area contributed by atoms with Gasteiger partial charge in [0.25, 0.3) is 5.91 Å². The van der Waals surface area contributed by atoms with Crippen molar-refractivity contribution < 1.29 is 9.90 Å². The van der Waals surface area contributed by atoms with Crippen LogP contribution in [0.4, 0.5) is 5.69 Å². The Hall–Kier alpha value is -2.02. The number of carbonyl (C=O) groups is 1. The smallest absolute Gasteiger partial charge is 0.275 e. The fourth-order valence-electron chi connectivity index (χ4n) is 1.98. The molecule has 6 heteroatoms. The Morgan fingerprint density at radius 1 is 1.32 bits per heavy atom. The first kappa shape index (κ1) is 14.9. The summed E-state index contributed by atoms with van der Waals surface area (Å²) >= 11 is 3.06. The summed E-state index contributed by atoms with van der Waals surface area (Å²) in [6.45, 7) is 1.86. The third-order valence-corrected chi connectivity index (χ3v) is 5.08. The highest BCUT2D eigenvalue weighted by Crippen LogP contribution is 2.28. The van der Waals surface area contributed by atoms with E-state index in [1.807, 2.05) is 36.6 Å². The topological polar surface area (TPSA) is 62.2 Å². The monoisotopic (exact) mass is 330 g/mol. The largest absolute Gasteiger partial charge is 0.392 e. The molecule has 2 N–H and O–H groups in total. The van der Waals surface area contributed by atoms with Gasteiger partial charge in [-0.1, -0.05) is 18.2 Å². The number of aliphatic hydroxyl groups is 1. The fourth-order valence-corrected chi connectivity index (χ4v) is 3.59. The van der Waals surface area contributed by atoms with E-state index in [1.165, 1.54) is 11.3 Å². The Bertz CT molecular complexity index is 794. The van der Waals surface area contributed by atoms with Gasteiger partial charge in [-0.25, -0.2) is 4.98 Å². The van der Waals surface area contributed by atoms with Crippen LogP contribution in [0.5, 0.6) is 0 Å². The minimum Gasteiger partial charge on any atom is -0.392 e. The predicted molar refractivity (Wildman–Crippen MR) is 90.5 cm³/mol. The Morgan fingerprint density at radius 3 is 2.91 bits per heavy atom. The summed E-state index contributed by atoms with van der Waals surface area (Å²) in [6.07, 6.45) is 0. The molecular weight excluding hydrogens is 316 g/mol. The van der Waals surface area contributed by atoms with Gasteiger partial charge >= 0.3 is 0 Å². The molecule has 0 aliphatic carbocycles. The lowest BCUT2D eigenvalue weighted by Gasteiger charge is -2.08. The average molecular weight is 330 g/mol. The maximum atomic E-state index is 12.3.